The van der Waals surface area contributed by atoms with Gasteiger partial charge in [0.1, 0.15) is 5.82 Å². The van der Waals surface area contributed by atoms with Crippen LogP contribution in [0.3, 0.4) is 0 Å². The van der Waals surface area contributed by atoms with Crippen molar-refractivity contribution in [3.8, 4) is 11.5 Å². The number of hydrogen-bond donors (Lipinski definition) is 1. The first-order valence-corrected chi connectivity index (χ1v) is 8.66. The second-order valence-corrected chi connectivity index (χ2v) is 6.55. The van der Waals surface area contributed by atoms with Gasteiger partial charge in [0.15, 0.2) is 11.5 Å². The molecule has 0 amide bonds. The molecule has 1 N–H and O–H groups in total. The highest BCUT2D eigenvalue weighted by atomic mass is 19.4. The molecule has 1 atom stereocenters. The van der Waals surface area contributed by atoms with Crippen LogP contribution in [0.25, 0.3) is 0 Å². The van der Waals surface area contributed by atoms with E-state index in [1.165, 1.54) is 0 Å². The minimum atomic E-state index is -4.56. The zero-order valence-corrected chi connectivity index (χ0v) is 15.1. The predicted molar refractivity (Wildman–Crippen MR) is 93.7 cm³/mol. The van der Waals surface area contributed by atoms with E-state index in [9.17, 15) is 17.6 Å². The zero-order valence-electron chi connectivity index (χ0n) is 15.1. The summed E-state index contributed by atoms with van der Waals surface area (Å²) in [7, 11) is 3.13. The molecule has 0 saturated heterocycles. The van der Waals surface area contributed by atoms with Gasteiger partial charge in [-0.15, -0.1) is 0 Å². The molecule has 0 radical (unpaired) electrons. The SMILES string of the molecule is COc1cc2c(cc1OC)C(CCc1cc(F)cc(C(F)(F)F)c1)NCC2. The summed E-state index contributed by atoms with van der Waals surface area (Å²) in [5, 5.41) is 3.38. The van der Waals surface area contributed by atoms with Crippen molar-refractivity contribution in [1.29, 1.82) is 0 Å². The lowest BCUT2D eigenvalue weighted by molar-refractivity contribution is -0.137. The summed E-state index contributed by atoms with van der Waals surface area (Å²) in [6.07, 6.45) is -2.86. The average Bonchev–Trinajstić information content (AvgIpc) is 2.64. The Morgan fingerprint density at radius 3 is 2.41 bits per heavy atom. The van der Waals surface area contributed by atoms with Gasteiger partial charge in [-0.05, 0) is 72.8 Å². The van der Waals surface area contributed by atoms with E-state index in [1.54, 1.807) is 14.2 Å². The molecule has 3 rings (SSSR count). The lowest BCUT2D eigenvalue weighted by atomic mass is 9.90. The highest BCUT2D eigenvalue weighted by Crippen LogP contribution is 2.37. The number of nitrogens with one attached hydrogen (secondary N) is 1. The lowest BCUT2D eigenvalue weighted by Gasteiger charge is -2.28. The number of ether oxygens (including phenoxy) is 2. The van der Waals surface area contributed by atoms with Gasteiger partial charge < -0.3 is 14.8 Å². The Hall–Kier alpha value is -2.28. The van der Waals surface area contributed by atoms with Gasteiger partial charge in [-0.1, -0.05) is 0 Å². The molecule has 0 saturated carbocycles. The predicted octanol–water partition coefficient (Wildman–Crippen LogP) is 4.68. The van der Waals surface area contributed by atoms with Crippen LogP contribution in [-0.4, -0.2) is 20.8 Å². The van der Waals surface area contributed by atoms with Gasteiger partial charge >= 0.3 is 6.18 Å². The van der Waals surface area contributed by atoms with Gasteiger partial charge in [-0.2, -0.15) is 13.2 Å². The summed E-state index contributed by atoms with van der Waals surface area (Å²) in [5.74, 6) is 0.384. The molecule has 0 spiro atoms. The topological polar surface area (TPSA) is 30.5 Å². The Kier molecular flexibility index (Phi) is 5.60. The lowest BCUT2D eigenvalue weighted by Crippen LogP contribution is -2.30. The van der Waals surface area contributed by atoms with Crippen LogP contribution in [0.4, 0.5) is 17.6 Å². The molecule has 0 aromatic heterocycles. The van der Waals surface area contributed by atoms with Crippen LogP contribution >= 0.6 is 0 Å². The number of aryl methyl sites for hydroxylation is 1. The van der Waals surface area contributed by atoms with Crippen LogP contribution < -0.4 is 14.8 Å². The number of methoxy groups -OCH3 is 2. The first-order chi connectivity index (χ1) is 12.8. The summed E-state index contributed by atoms with van der Waals surface area (Å²) in [6.45, 7) is 0.754. The maximum Gasteiger partial charge on any atom is 0.416 e. The first-order valence-electron chi connectivity index (χ1n) is 8.66. The van der Waals surface area contributed by atoms with Gasteiger partial charge in [0, 0.05) is 6.04 Å². The second kappa shape index (κ2) is 7.76. The average molecular weight is 383 g/mol. The van der Waals surface area contributed by atoms with Gasteiger partial charge in [-0.25, -0.2) is 4.39 Å². The van der Waals surface area contributed by atoms with Crippen molar-refractivity contribution >= 4 is 0 Å². The highest BCUT2D eigenvalue weighted by molar-refractivity contribution is 5.49. The van der Waals surface area contributed by atoms with E-state index in [1.807, 2.05) is 12.1 Å². The third kappa shape index (κ3) is 4.35. The number of halogens is 4. The summed E-state index contributed by atoms with van der Waals surface area (Å²) in [5.41, 5.74) is 1.52. The van der Waals surface area contributed by atoms with Gasteiger partial charge in [0.2, 0.25) is 0 Å². The Morgan fingerprint density at radius 2 is 1.74 bits per heavy atom. The van der Waals surface area contributed by atoms with Gasteiger partial charge in [0.05, 0.1) is 19.8 Å². The molecule has 27 heavy (non-hydrogen) atoms. The first kappa shape index (κ1) is 19.5. The quantitative estimate of drug-likeness (QED) is 0.761. The summed E-state index contributed by atoms with van der Waals surface area (Å²) < 4.78 is 63.0. The molecule has 1 aliphatic rings. The zero-order chi connectivity index (χ0) is 19.6. The molecule has 2 aromatic carbocycles. The molecule has 1 unspecified atom stereocenters. The number of fused-ring (bicyclic) bond motifs is 1. The summed E-state index contributed by atoms with van der Waals surface area (Å²) in [6, 6.07) is 6.49. The Balaban J connectivity index is 1.82. The Bertz CT molecular complexity index is 820. The van der Waals surface area contributed by atoms with Crippen molar-refractivity contribution < 1.29 is 27.0 Å². The molecule has 0 aliphatic carbocycles. The molecule has 3 nitrogen and oxygen atoms in total. The van der Waals surface area contributed by atoms with E-state index < -0.39 is 17.6 Å². The highest BCUT2D eigenvalue weighted by Gasteiger charge is 2.31. The molecule has 0 fully saturated rings. The maximum atomic E-state index is 13.6. The van der Waals surface area contributed by atoms with Crippen molar-refractivity contribution in [1.82, 2.24) is 5.32 Å². The van der Waals surface area contributed by atoms with Crippen LogP contribution in [0, 0.1) is 5.82 Å². The third-order valence-electron chi connectivity index (χ3n) is 4.81. The van der Waals surface area contributed by atoms with E-state index in [4.69, 9.17) is 9.47 Å². The summed E-state index contributed by atoms with van der Waals surface area (Å²) in [4.78, 5) is 0. The molecular weight excluding hydrogens is 362 g/mol. The van der Waals surface area contributed by atoms with Crippen molar-refractivity contribution in [3.05, 3.63) is 58.4 Å². The van der Waals surface area contributed by atoms with E-state index in [-0.39, 0.29) is 6.04 Å². The van der Waals surface area contributed by atoms with Crippen LogP contribution in [0.2, 0.25) is 0 Å². The molecule has 0 bridgehead atoms. The van der Waals surface area contributed by atoms with Crippen LogP contribution in [0.5, 0.6) is 11.5 Å². The van der Waals surface area contributed by atoms with Gasteiger partial charge in [-0.3, -0.25) is 0 Å². The maximum absolute atomic E-state index is 13.6. The van der Waals surface area contributed by atoms with Crippen molar-refractivity contribution in [3.63, 3.8) is 0 Å². The van der Waals surface area contributed by atoms with Gasteiger partial charge in [0.25, 0.3) is 0 Å². The third-order valence-corrected chi connectivity index (χ3v) is 4.81. The Morgan fingerprint density at radius 1 is 1.04 bits per heavy atom. The van der Waals surface area contributed by atoms with Crippen molar-refractivity contribution in [2.45, 2.75) is 31.5 Å². The minimum Gasteiger partial charge on any atom is -0.493 e. The van der Waals surface area contributed by atoms with Crippen LogP contribution in [0.1, 0.15) is 34.7 Å². The number of hydrogen-bond acceptors (Lipinski definition) is 3. The second-order valence-electron chi connectivity index (χ2n) is 6.55. The molecular formula is C20H21F4NO2. The summed E-state index contributed by atoms with van der Waals surface area (Å²) >= 11 is 0. The fourth-order valence-corrected chi connectivity index (χ4v) is 3.50. The Labute approximate surface area is 155 Å². The van der Waals surface area contributed by atoms with E-state index >= 15 is 0 Å². The number of alkyl halides is 3. The fourth-order valence-electron chi connectivity index (χ4n) is 3.50. The molecule has 1 heterocycles. The van der Waals surface area contributed by atoms with E-state index in [2.05, 4.69) is 5.32 Å². The van der Waals surface area contributed by atoms with Crippen LogP contribution in [0.15, 0.2) is 30.3 Å². The largest absolute Gasteiger partial charge is 0.493 e. The molecule has 146 valence electrons. The van der Waals surface area contributed by atoms with Crippen molar-refractivity contribution in [2.24, 2.45) is 0 Å². The van der Waals surface area contributed by atoms with Crippen LogP contribution in [-0.2, 0) is 19.0 Å². The van der Waals surface area contributed by atoms with E-state index in [0.717, 1.165) is 36.2 Å². The fraction of sp³-hybridized carbons (Fsp3) is 0.400. The molecule has 1 aliphatic heterocycles. The monoisotopic (exact) mass is 383 g/mol. The smallest absolute Gasteiger partial charge is 0.416 e. The standard InChI is InChI=1S/C20H21F4NO2/c1-26-18-9-13-5-6-25-17(16(13)11-19(18)27-2)4-3-12-7-14(20(22,23)24)10-15(21)8-12/h7-11,17,25H,3-6H2,1-2H3. The number of benzene rings is 2. The minimum absolute atomic E-state index is 0.0499. The number of rotatable bonds is 5. The molecule has 2 aromatic rings. The van der Waals surface area contributed by atoms with Crippen molar-refractivity contribution in [2.75, 3.05) is 20.8 Å². The van der Waals surface area contributed by atoms with E-state index in [0.29, 0.717) is 36.0 Å². The molecule has 7 heteroatoms. The normalized spacial score (nSPS) is 16.7.